The van der Waals surface area contributed by atoms with Gasteiger partial charge in [-0.05, 0) is 34.5 Å². The van der Waals surface area contributed by atoms with Crippen molar-refractivity contribution in [3.05, 3.63) is 52.1 Å². The average molecular weight is 309 g/mol. The maximum atomic E-state index is 5.65. The van der Waals surface area contributed by atoms with Gasteiger partial charge in [-0.25, -0.2) is 4.98 Å². The number of anilines is 1. The van der Waals surface area contributed by atoms with Crippen molar-refractivity contribution in [3.63, 3.8) is 0 Å². The Labute approximate surface area is 114 Å². The summed E-state index contributed by atoms with van der Waals surface area (Å²) in [5.74, 6) is 0.914. The van der Waals surface area contributed by atoms with E-state index in [2.05, 4.69) is 52.1 Å². The Hall–Kier alpha value is -1.00. The van der Waals surface area contributed by atoms with Crippen molar-refractivity contribution in [1.29, 1.82) is 0 Å². The summed E-state index contributed by atoms with van der Waals surface area (Å²) in [7, 11) is 0. The molecule has 88 valence electrons. The monoisotopic (exact) mass is 308 g/mol. The Kier molecular flexibility index (Phi) is 4.07. The molecule has 2 N–H and O–H groups in total. The van der Waals surface area contributed by atoms with Gasteiger partial charge in [-0.3, -0.25) is 0 Å². The normalized spacial score (nSPS) is 10.5. The first-order valence-corrected chi connectivity index (χ1v) is 7.02. The van der Waals surface area contributed by atoms with Crippen LogP contribution in [-0.2, 0) is 5.75 Å². The number of hydrogen-bond acceptors (Lipinski definition) is 3. The molecule has 17 heavy (non-hydrogen) atoms. The molecule has 0 atom stereocenters. The zero-order valence-electron chi connectivity index (χ0n) is 9.48. The van der Waals surface area contributed by atoms with Gasteiger partial charge in [-0.1, -0.05) is 29.8 Å². The molecule has 0 unspecified atom stereocenters. The lowest BCUT2D eigenvalue weighted by atomic mass is 10.2. The SMILES string of the molecule is Cc1cccc(CSc2ncc(N)cc2Br)c1. The lowest BCUT2D eigenvalue weighted by Gasteiger charge is -2.05. The summed E-state index contributed by atoms with van der Waals surface area (Å²) in [6.07, 6.45) is 1.68. The van der Waals surface area contributed by atoms with Crippen LogP contribution in [-0.4, -0.2) is 4.98 Å². The fourth-order valence-electron chi connectivity index (χ4n) is 1.50. The molecule has 2 nitrogen and oxygen atoms in total. The molecule has 4 heteroatoms. The van der Waals surface area contributed by atoms with Crippen LogP contribution < -0.4 is 5.73 Å². The molecule has 1 heterocycles. The molecular formula is C13H13BrN2S. The van der Waals surface area contributed by atoms with E-state index in [4.69, 9.17) is 5.73 Å². The third-order valence-corrected chi connectivity index (χ3v) is 4.23. The maximum Gasteiger partial charge on any atom is 0.111 e. The number of rotatable bonds is 3. The van der Waals surface area contributed by atoms with E-state index in [-0.39, 0.29) is 0 Å². The topological polar surface area (TPSA) is 38.9 Å². The standard InChI is InChI=1S/C13H13BrN2S/c1-9-3-2-4-10(5-9)8-17-13-12(14)6-11(15)7-16-13/h2-7H,8,15H2,1H3. The van der Waals surface area contributed by atoms with Crippen LogP contribution in [0.4, 0.5) is 5.69 Å². The summed E-state index contributed by atoms with van der Waals surface area (Å²) in [5, 5.41) is 0.973. The van der Waals surface area contributed by atoms with Crippen LogP contribution in [0, 0.1) is 6.92 Å². The molecule has 0 spiro atoms. The van der Waals surface area contributed by atoms with Crippen LogP contribution in [0.5, 0.6) is 0 Å². The zero-order chi connectivity index (χ0) is 12.3. The Bertz CT molecular complexity index is 529. The Morgan fingerprint density at radius 3 is 2.88 bits per heavy atom. The number of pyridine rings is 1. The van der Waals surface area contributed by atoms with Crippen LogP contribution in [0.15, 0.2) is 46.0 Å². The lowest BCUT2D eigenvalue weighted by molar-refractivity contribution is 1.11. The third kappa shape index (κ3) is 3.48. The van der Waals surface area contributed by atoms with E-state index in [0.717, 1.165) is 15.3 Å². The molecular weight excluding hydrogens is 296 g/mol. The highest BCUT2D eigenvalue weighted by Crippen LogP contribution is 2.29. The first kappa shape index (κ1) is 12.5. The smallest absolute Gasteiger partial charge is 0.111 e. The third-order valence-electron chi connectivity index (χ3n) is 2.29. The van der Waals surface area contributed by atoms with Crippen molar-refractivity contribution in [2.75, 3.05) is 5.73 Å². The molecule has 0 radical (unpaired) electrons. The van der Waals surface area contributed by atoms with Gasteiger partial charge in [0, 0.05) is 5.75 Å². The van der Waals surface area contributed by atoms with Crippen molar-refractivity contribution >= 4 is 33.4 Å². The highest BCUT2D eigenvalue weighted by atomic mass is 79.9. The number of benzene rings is 1. The molecule has 0 fully saturated rings. The first-order valence-electron chi connectivity index (χ1n) is 5.24. The molecule has 0 aliphatic rings. The summed E-state index contributed by atoms with van der Waals surface area (Å²) in [4.78, 5) is 4.31. The molecule has 0 aliphatic carbocycles. The highest BCUT2D eigenvalue weighted by molar-refractivity contribution is 9.10. The van der Waals surface area contributed by atoms with Crippen LogP contribution in [0.2, 0.25) is 0 Å². The van der Waals surface area contributed by atoms with E-state index >= 15 is 0 Å². The number of thioether (sulfide) groups is 1. The van der Waals surface area contributed by atoms with Gasteiger partial charge < -0.3 is 5.73 Å². The van der Waals surface area contributed by atoms with Gasteiger partial charge >= 0.3 is 0 Å². The minimum Gasteiger partial charge on any atom is -0.397 e. The van der Waals surface area contributed by atoms with Crippen molar-refractivity contribution in [1.82, 2.24) is 4.98 Å². The molecule has 1 aromatic heterocycles. The summed E-state index contributed by atoms with van der Waals surface area (Å²) < 4.78 is 0.954. The first-order chi connectivity index (χ1) is 8.15. The second-order valence-corrected chi connectivity index (χ2v) is 5.65. The summed E-state index contributed by atoms with van der Waals surface area (Å²) in [6, 6.07) is 10.4. The average Bonchev–Trinajstić information content (AvgIpc) is 2.28. The summed E-state index contributed by atoms with van der Waals surface area (Å²) >= 11 is 5.18. The number of nitrogens with two attached hydrogens (primary N) is 1. The molecule has 0 saturated carbocycles. The van der Waals surface area contributed by atoms with Gasteiger partial charge in [-0.2, -0.15) is 0 Å². The fraction of sp³-hybridized carbons (Fsp3) is 0.154. The van der Waals surface area contributed by atoms with Crippen molar-refractivity contribution < 1.29 is 0 Å². The van der Waals surface area contributed by atoms with Gasteiger partial charge in [-0.15, -0.1) is 11.8 Å². The molecule has 2 aromatic rings. The van der Waals surface area contributed by atoms with Gasteiger partial charge in [0.15, 0.2) is 0 Å². The second-order valence-electron chi connectivity index (χ2n) is 3.83. The van der Waals surface area contributed by atoms with E-state index in [9.17, 15) is 0 Å². The number of aryl methyl sites for hydroxylation is 1. The molecule has 1 aromatic carbocycles. The Balaban J connectivity index is 2.07. The largest absolute Gasteiger partial charge is 0.397 e. The van der Waals surface area contributed by atoms with Crippen LogP contribution in [0.25, 0.3) is 0 Å². The molecule has 0 aliphatic heterocycles. The zero-order valence-corrected chi connectivity index (χ0v) is 11.9. The van der Waals surface area contributed by atoms with Crippen LogP contribution in [0.1, 0.15) is 11.1 Å². The van der Waals surface area contributed by atoms with E-state index in [0.29, 0.717) is 5.69 Å². The van der Waals surface area contributed by atoms with E-state index in [1.54, 1.807) is 18.0 Å². The number of nitrogens with zero attached hydrogens (tertiary/aromatic N) is 1. The summed E-state index contributed by atoms with van der Waals surface area (Å²) in [6.45, 7) is 2.10. The van der Waals surface area contributed by atoms with Crippen LogP contribution in [0.3, 0.4) is 0 Å². The van der Waals surface area contributed by atoms with Gasteiger partial charge in [0.1, 0.15) is 5.03 Å². The van der Waals surface area contributed by atoms with E-state index in [1.807, 2.05) is 6.07 Å². The molecule has 0 bridgehead atoms. The van der Waals surface area contributed by atoms with Gasteiger partial charge in [0.2, 0.25) is 0 Å². The molecule has 0 saturated heterocycles. The van der Waals surface area contributed by atoms with Crippen molar-refractivity contribution in [2.45, 2.75) is 17.7 Å². The fourth-order valence-corrected chi connectivity index (χ4v) is 3.02. The quantitative estimate of drug-likeness (QED) is 0.870. The van der Waals surface area contributed by atoms with Crippen LogP contribution >= 0.6 is 27.7 Å². The van der Waals surface area contributed by atoms with E-state index in [1.165, 1.54) is 11.1 Å². The maximum absolute atomic E-state index is 5.65. The minimum absolute atomic E-state index is 0.678. The van der Waals surface area contributed by atoms with Crippen molar-refractivity contribution in [3.8, 4) is 0 Å². The molecule has 2 rings (SSSR count). The number of nitrogen functional groups attached to an aromatic ring is 1. The highest BCUT2D eigenvalue weighted by Gasteiger charge is 2.03. The number of halogens is 1. The number of hydrogen-bond donors (Lipinski definition) is 1. The number of aromatic nitrogens is 1. The minimum atomic E-state index is 0.678. The lowest BCUT2D eigenvalue weighted by Crippen LogP contribution is -1.89. The van der Waals surface area contributed by atoms with E-state index < -0.39 is 0 Å². The predicted octanol–water partition coefficient (Wildman–Crippen LogP) is 4.03. The Morgan fingerprint density at radius 2 is 2.18 bits per heavy atom. The van der Waals surface area contributed by atoms with Gasteiger partial charge in [0.05, 0.1) is 16.4 Å². The van der Waals surface area contributed by atoms with Gasteiger partial charge in [0.25, 0.3) is 0 Å². The Morgan fingerprint density at radius 1 is 1.35 bits per heavy atom. The molecule has 0 amide bonds. The summed E-state index contributed by atoms with van der Waals surface area (Å²) in [5.41, 5.74) is 8.92. The predicted molar refractivity (Wildman–Crippen MR) is 77.1 cm³/mol. The second kappa shape index (κ2) is 5.56. The van der Waals surface area contributed by atoms with Crippen molar-refractivity contribution in [2.24, 2.45) is 0 Å².